The number of piperidine rings is 1. The Labute approximate surface area is 181 Å². The lowest BCUT2D eigenvalue weighted by molar-refractivity contribution is -0.125. The molecule has 1 amide bonds. The fourth-order valence-electron chi connectivity index (χ4n) is 5.38. The number of hydrogen-bond donors (Lipinski definition) is 1. The molecule has 1 N–H and O–H groups in total. The fraction of sp³-hybridized carbons (Fsp3) is 0.783. The van der Waals surface area contributed by atoms with Crippen LogP contribution < -0.4 is 15.1 Å². The summed E-state index contributed by atoms with van der Waals surface area (Å²) in [5.41, 5.74) is 0.377. The van der Waals surface area contributed by atoms with Crippen molar-refractivity contribution < 1.29 is 4.79 Å². The molecule has 0 spiro atoms. The molecule has 2 fully saturated rings. The monoisotopic (exact) mass is 414 g/mol. The number of anilines is 3. The molecular weight excluding hydrogens is 376 g/mol. The van der Waals surface area contributed by atoms with Crippen LogP contribution in [0.4, 0.5) is 17.5 Å². The predicted molar refractivity (Wildman–Crippen MR) is 122 cm³/mol. The van der Waals surface area contributed by atoms with Gasteiger partial charge in [0.25, 0.3) is 0 Å². The second-order valence-corrected chi connectivity index (χ2v) is 10.3. The van der Waals surface area contributed by atoms with Crippen molar-refractivity contribution in [2.24, 2.45) is 11.3 Å². The highest BCUT2D eigenvalue weighted by atomic mass is 16.2. The van der Waals surface area contributed by atoms with E-state index in [1.54, 1.807) is 4.90 Å². The van der Waals surface area contributed by atoms with E-state index in [1.807, 2.05) is 13.2 Å². The van der Waals surface area contributed by atoms with Gasteiger partial charge >= 0.3 is 0 Å². The van der Waals surface area contributed by atoms with Crippen LogP contribution in [0.1, 0.15) is 59.3 Å². The van der Waals surface area contributed by atoms with Crippen molar-refractivity contribution in [3.63, 3.8) is 0 Å². The lowest BCUT2D eigenvalue weighted by Crippen LogP contribution is -2.45. The van der Waals surface area contributed by atoms with E-state index in [2.05, 4.69) is 47.9 Å². The van der Waals surface area contributed by atoms with Crippen LogP contribution in [0.15, 0.2) is 6.20 Å². The molecule has 7 nitrogen and oxygen atoms in total. The smallest absolute Gasteiger partial charge is 0.234 e. The van der Waals surface area contributed by atoms with Gasteiger partial charge in [-0.2, -0.15) is 4.98 Å². The number of carbonyl (C=O) groups is 1. The highest BCUT2D eigenvalue weighted by Crippen LogP contribution is 2.40. The lowest BCUT2D eigenvalue weighted by Gasteiger charge is -2.34. The molecule has 0 aromatic carbocycles. The van der Waals surface area contributed by atoms with Gasteiger partial charge in [-0.15, -0.1) is 0 Å². The SMILES string of the molecule is C[C@@H](Nc1ncc2c(n1)N(C1CCCC1)CC(C)(C)C(=O)N2C)C1CCN(C)CC1. The Morgan fingerprint density at radius 3 is 2.47 bits per heavy atom. The molecule has 1 saturated carbocycles. The van der Waals surface area contributed by atoms with Gasteiger partial charge in [-0.3, -0.25) is 4.79 Å². The summed E-state index contributed by atoms with van der Waals surface area (Å²) in [7, 11) is 4.06. The van der Waals surface area contributed by atoms with Crippen molar-refractivity contribution in [2.45, 2.75) is 71.4 Å². The minimum atomic E-state index is -0.451. The summed E-state index contributed by atoms with van der Waals surface area (Å²) in [5, 5.41) is 3.58. The Bertz CT molecular complexity index is 767. The molecule has 30 heavy (non-hydrogen) atoms. The molecule has 1 atom stereocenters. The first-order valence-corrected chi connectivity index (χ1v) is 11.6. The van der Waals surface area contributed by atoms with E-state index in [1.165, 1.54) is 38.5 Å². The van der Waals surface area contributed by atoms with Gasteiger partial charge in [0.1, 0.15) is 5.69 Å². The number of amides is 1. The summed E-state index contributed by atoms with van der Waals surface area (Å²) in [6.07, 6.45) is 9.10. The molecule has 3 aliphatic rings. The summed E-state index contributed by atoms with van der Waals surface area (Å²) in [6.45, 7) is 9.36. The molecule has 7 heteroatoms. The molecule has 1 aliphatic carbocycles. The van der Waals surface area contributed by atoms with E-state index < -0.39 is 5.41 Å². The zero-order valence-electron chi connectivity index (χ0n) is 19.3. The van der Waals surface area contributed by atoms with Gasteiger partial charge in [-0.1, -0.05) is 12.8 Å². The summed E-state index contributed by atoms with van der Waals surface area (Å²) in [4.78, 5) is 29.3. The zero-order valence-corrected chi connectivity index (χ0v) is 19.3. The average molecular weight is 415 g/mol. The molecule has 0 radical (unpaired) electrons. The van der Waals surface area contributed by atoms with Gasteiger partial charge in [0.15, 0.2) is 5.82 Å². The topological polar surface area (TPSA) is 64.6 Å². The van der Waals surface area contributed by atoms with Crippen LogP contribution in [-0.4, -0.2) is 66.6 Å². The largest absolute Gasteiger partial charge is 0.351 e. The van der Waals surface area contributed by atoms with Crippen molar-refractivity contribution >= 4 is 23.4 Å². The normalized spacial score (nSPS) is 24.6. The number of aromatic nitrogens is 2. The van der Waals surface area contributed by atoms with Crippen LogP contribution in [0.3, 0.4) is 0 Å². The van der Waals surface area contributed by atoms with Gasteiger partial charge in [-0.05, 0) is 72.5 Å². The molecule has 0 bridgehead atoms. The molecule has 1 aromatic heterocycles. The van der Waals surface area contributed by atoms with E-state index in [-0.39, 0.29) is 5.91 Å². The third-order valence-electron chi connectivity index (χ3n) is 7.43. The molecule has 2 aliphatic heterocycles. The lowest BCUT2D eigenvalue weighted by atomic mass is 9.90. The van der Waals surface area contributed by atoms with E-state index in [4.69, 9.17) is 4.98 Å². The molecule has 166 valence electrons. The molecule has 3 heterocycles. The molecule has 1 saturated heterocycles. The number of nitrogens with one attached hydrogen (secondary N) is 1. The first-order chi connectivity index (χ1) is 14.3. The number of rotatable bonds is 4. The summed E-state index contributed by atoms with van der Waals surface area (Å²) in [6, 6.07) is 0.787. The van der Waals surface area contributed by atoms with E-state index in [0.717, 1.165) is 24.6 Å². The molecule has 1 aromatic rings. The van der Waals surface area contributed by atoms with Gasteiger partial charge < -0.3 is 20.0 Å². The number of fused-ring (bicyclic) bond motifs is 1. The summed E-state index contributed by atoms with van der Waals surface area (Å²) >= 11 is 0. The van der Waals surface area contributed by atoms with E-state index in [0.29, 0.717) is 30.5 Å². The van der Waals surface area contributed by atoms with Crippen LogP contribution in [0.2, 0.25) is 0 Å². The van der Waals surface area contributed by atoms with Crippen molar-refractivity contribution in [3.8, 4) is 0 Å². The number of hydrogen-bond acceptors (Lipinski definition) is 6. The van der Waals surface area contributed by atoms with Gasteiger partial charge in [-0.25, -0.2) is 4.98 Å². The van der Waals surface area contributed by atoms with Crippen molar-refractivity contribution in [1.82, 2.24) is 14.9 Å². The Balaban J connectivity index is 1.62. The van der Waals surface area contributed by atoms with Gasteiger partial charge in [0.2, 0.25) is 11.9 Å². The number of nitrogens with zero attached hydrogens (tertiary/aromatic N) is 5. The van der Waals surface area contributed by atoms with Crippen LogP contribution >= 0.6 is 0 Å². The Hall–Kier alpha value is -1.89. The van der Waals surface area contributed by atoms with Gasteiger partial charge in [0.05, 0.1) is 11.6 Å². The highest BCUT2D eigenvalue weighted by molar-refractivity contribution is 6.00. The van der Waals surface area contributed by atoms with Gasteiger partial charge in [0, 0.05) is 25.7 Å². The minimum Gasteiger partial charge on any atom is -0.351 e. The van der Waals surface area contributed by atoms with Crippen LogP contribution in [0.25, 0.3) is 0 Å². The van der Waals surface area contributed by atoms with E-state index >= 15 is 0 Å². The Morgan fingerprint density at radius 1 is 1.13 bits per heavy atom. The second kappa shape index (κ2) is 8.33. The number of carbonyl (C=O) groups excluding carboxylic acids is 1. The Morgan fingerprint density at radius 2 is 1.80 bits per heavy atom. The zero-order chi connectivity index (χ0) is 21.5. The maximum Gasteiger partial charge on any atom is 0.234 e. The van der Waals surface area contributed by atoms with Crippen LogP contribution in [-0.2, 0) is 4.79 Å². The van der Waals surface area contributed by atoms with Crippen molar-refractivity contribution in [3.05, 3.63) is 6.20 Å². The molecule has 0 unspecified atom stereocenters. The maximum absolute atomic E-state index is 13.1. The first-order valence-electron chi connectivity index (χ1n) is 11.6. The van der Waals surface area contributed by atoms with Crippen LogP contribution in [0, 0.1) is 11.3 Å². The molecular formula is C23H38N6O. The Kier molecular flexibility index (Phi) is 5.93. The molecule has 4 rings (SSSR count). The second-order valence-electron chi connectivity index (χ2n) is 10.3. The third-order valence-corrected chi connectivity index (χ3v) is 7.43. The third kappa shape index (κ3) is 4.13. The average Bonchev–Trinajstić information content (AvgIpc) is 3.24. The minimum absolute atomic E-state index is 0.133. The predicted octanol–water partition coefficient (Wildman–Crippen LogP) is 3.37. The summed E-state index contributed by atoms with van der Waals surface area (Å²) in [5.74, 6) is 2.37. The van der Waals surface area contributed by atoms with E-state index in [9.17, 15) is 4.79 Å². The highest BCUT2D eigenvalue weighted by Gasteiger charge is 2.41. The van der Waals surface area contributed by atoms with Crippen LogP contribution in [0.5, 0.6) is 0 Å². The summed E-state index contributed by atoms with van der Waals surface area (Å²) < 4.78 is 0. The first kappa shape index (κ1) is 21.3. The fourth-order valence-corrected chi connectivity index (χ4v) is 5.38. The standard InChI is InChI=1S/C23H38N6O/c1-16(17-10-12-27(4)13-11-17)25-22-24-14-19-20(26-22)29(18-8-6-7-9-18)15-23(2,3)21(30)28(19)5/h14,16-18H,6-13,15H2,1-5H3,(H,24,25,26)/t16-/m1/s1. The quantitative estimate of drug-likeness (QED) is 0.815. The maximum atomic E-state index is 13.1. The van der Waals surface area contributed by atoms with Crippen molar-refractivity contribution in [2.75, 3.05) is 48.8 Å². The number of likely N-dealkylation sites (tertiary alicyclic amines) is 1. The van der Waals surface area contributed by atoms with Crippen molar-refractivity contribution in [1.29, 1.82) is 0 Å².